The Bertz CT molecular complexity index is 1880. The average Bonchev–Trinajstić information content (AvgIpc) is 3.61. The molecule has 0 saturated heterocycles. The standard InChI is InChI=1S/C28H26FN5O5S.C3H8O/c1-17-22-23(35)33(28(2,3)26(36)37)27(38)32(25(22)40-24(17)34-30-12-13-31-34)14-11-19-15-20(29)9-10-21(19)39-16-18-7-5-4-6-8-18;1-3(2)4/h4-10,12-13,15H,11,14,16H2,1-3H3,(H,36,37);3-4H,1-2H3. The van der Waals surface area contributed by atoms with Crippen LogP contribution in [-0.4, -0.2) is 46.4 Å². The highest BCUT2D eigenvalue weighted by Crippen LogP contribution is 2.31. The van der Waals surface area contributed by atoms with Gasteiger partial charge in [0, 0.05) is 18.2 Å². The summed E-state index contributed by atoms with van der Waals surface area (Å²) in [6.45, 7) is 8.05. The Hall–Kier alpha value is -4.62. The zero-order valence-electron chi connectivity index (χ0n) is 25.0. The second-order valence-corrected chi connectivity index (χ2v) is 11.8. The molecular formula is C31H34FN5O6S. The number of carboxylic acid groups (broad SMARTS) is 1. The highest BCUT2D eigenvalue weighted by Gasteiger charge is 2.35. The quantitative estimate of drug-likeness (QED) is 0.248. The Morgan fingerprint density at radius 2 is 1.73 bits per heavy atom. The fourth-order valence-corrected chi connectivity index (χ4v) is 5.72. The van der Waals surface area contributed by atoms with Gasteiger partial charge in [-0.1, -0.05) is 41.7 Å². The highest BCUT2D eigenvalue weighted by molar-refractivity contribution is 7.21. The monoisotopic (exact) mass is 623 g/mol. The minimum atomic E-state index is -1.83. The third-order valence-electron chi connectivity index (χ3n) is 6.73. The number of carbonyl (C=O) groups is 1. The van der Waals surface area contributed by atoms with E-state index in [1.54, 1.807) is 20.8 Å². The summed E-state index contributed by atoms with van der Waals surface area (Å²) in [6, 6.07) is 13.7. The second kappa shape index (κ2) is 13.3. The van der Waals surface area contributed by atoms with Crippen molar-refractivity contribution in [2.75, 3.05) is 0 Å². The number of hydrogen-bond acceptors (Lipinski definition) is 8. The van der Waals surface area contributed by atoms with Crippen molar-refractivity contribution >= 4 is 27.5 Å². The zero-order chi connectivity index (χ0) is 32.2. The van der Waals surface area contributed by atoms with E-state index in [-0.39, 0.29) is 31.1 Å². The molecule has 3 aromatic heterocycles. The molecule has 2 N–H and O–H groups in total. The van der Waals surface area contributed by atoms with Crippen molar-refractivity contribution in [3.63, 3.8) is 0 Å². The first kappa shape index (κ1) is 32.3. The van der Waals surface area contributed by atoms with Gasteiger partial charge in [-0.3, -0.25) is 9.36 Å². The van der Waals surface area contributed by atoms with Crippen LogP contribution in [0.1, 0.15) is 44.4 Å². The molecule has 2 aromatic carbocycles. The molecule has 232 valence electrons. The molecule has 0 aliphatic heterocycles. The van der Waals surface area contributed by atoms with Crippen molar-refractivity contribution in [3.8, 4) is 10.8 Å². The molecule has 3 heterocycles. The largest absolute Gasteiger partial charge is 0.489 e. The molecule has 0 aliphatic carbocycles. The predicted molar refractivity (Wildman–Crippen MR) is 165 cm³/mol. The van der Waals surface area contributed by atoms with Gasteiger partial charge in [-0.05, 0) is 70.4 Å². The smallest absolute Gasteiger partial charge is 0.333 e. The van der Waals surface area contributed by atoms with Gasteiger partial charge in [0.1, 0.15) is 33.5 Å². The van der Waals surface area contributed by atoms with Crippen molar-refractivity contribution in [1.82, 2.24) is 24.1 Å². The molecule has 44 heavy (non-hydrogen) atoms. The van der Waals surface area contributed by atoms with E-state index >= 15 is 0 Å². The number of hydrogen-bond donors (Lipinski definition) is 2. The van der Waals surface area contributed by atoms with E-state index in [9.17, 15) is 23.9 Å². The number of aromatic nitrogens is 5. The summed E-state index contributed by atoms with van der Waals surface area (Å²) in [5.41, 5.74) is -1.35. The predicted octanol–water partition coefficient (Wildman–Crippen LogP) is 4.28. The third kappa shape index (κ3) is 6.79. The van der Waals surface area contributed by atoms with Gasteiger partial charge >= 0.3 is 11.7 Å². The zero-order valence-corrected chi connectivity index (χ0v) is 25.8. The topological polar surface area (TPSA) is 141 Å². The van der Waals surface area contributed by atoms with Crippen LogP contribution in [0, 0.1) is 12.7 Å². The van der Waals surface area contributed by atoms with Gasteiger partial charge in [-0.15, -0.1) is 4.80 Å². The van der Waals surface area contributed by atoms with Gasteiger partial charge in [-0.25, -0.2) is 18.5 Å². The lowest BCUT2D eigenvalue weighted by molar-refractivity contribution is -0.146. The van der Waals surface area contributed by atoms with Crippen molar-refractivity contribution in [2.45, 2.75) is 65.8 Å². The number of aliphatic hydroxyl groups is 1. The Labute approximate surface area is 256 Å². The van der Waals surface area contributed by atoms with Gasteiger partial charge in [0.2, 0.25) is 0 Å². The Balaban J connectivity index is 0.00000104. The first-order chi connectivity index (χ1) is 20.8. The number of aliphatic carboxylic acids is 1. The van der Waals surface area contributed by atoms with Crippen molar-refractivity contribution in [1.29, 1.82) is 0 Å². The minimum absolute atomic E-state index is 0.0302. The van der Waals surface area contributed by atoms with Crippen LogP contribution in [0.3, 0.4) is 0 Å². The lowest BCUT2D eigenvalue weighted by Crippen LogP contribution is -2.52. The maximum absolute atomic E-state index is 14.3. The summed E-state index contributed by atoms with van der Waals surface area (Å²) >= 11 is 1.15. The molecule has 5 rings (SSSR count). The maximum atomic E-state index is 14.3. The molecule has 11 nitrogen and oxygen atoms in total. The summed E-state index contributed by atoms with van der Waals surface area (Å²) in [4.78, 5) is 41.2. The summed E-state index contributed by atoms with van der Waals surface area (Å²) in [5.74, 6) is -1.34. The molecule has 13 heteroatoms. The molecule has 0 fully saturated rings. The van der Waals surface area contributed by atoms with E-state index in [1.165, 1.54) is 53.8 Å². The SMILES string of the molecule is CC(C)O.Cc1c(-n2nccn2)sc2c1c(=O)n(C(C)(C)C(=O)O)c(=O)n2CCc1cc(F)ccc1OCc1ccccc1. The second-order valence-electron chi connectivity index (χ2n) is 10.8. The molecule has 0 bridgehead atoms. The number of fused-ring (bicyclic) bond motifs is 1. The van der Waals surface area contributed by atoms with Crippen molar-refractivity contribution < 1.29 is 24.1 Å². The Morgan fingerprint density at radius 3 is 2.34 bits per heavy atom. The number of rotatable bonds is 9. The van der Waals surface area contributed by atoms with E-state index in [0.717, 1.165) is 21.5 Å². The van der Waals surface area contributed by atoms with Crippen LogP contribution in [0.25, 0.3) is 15.2 Å². The first-order valence-electron chi connectivity index (χ1n) is 13.9. The molecular weight excluding hydrogens is 589 g/mol. The Morgan fingerprint density at radius 1 is 1.09 bits per heavy atom. The number of aliphatic hydroxyl groups excluding tert-OH is 1. The number of thiophene rings is 1. The van der Waals surface area contributed by atoms with E-state index in [2.05, 4.69) is 10.2 Å². The molecule has 0 atom stereocenters. The third-order valence-corrected chi connectivity index (χ3v) is 8.02. The molecule has 0 saturated carbocycles. The van der Waals surface area contributed by atoms with Gasteiger partial charge in [0.05, 0.1) is 17.8 Å². The van der Waals surface area contributed by atoms with Crippen LogP contribution < -0.4 is 16.0 Å². The van der Waals surface area contributed by atoms with Gasteiger partial charge < -0.3 is 14.9 Å². The lowest BCUT2D eigenvalue weighted by Gasteiger charge is -2.23. The molecule has 0 aliphatic rings. The number of carboxylic acids is 1. The molecule has 0 amide bonds. The van der Waals surface area contributed by atoms with E-state index in [4.69, 9.17) is 9.84 Å². The maximum Gasteiger partial charge on any atom is 0.333 e. The van der Waals surface area contributed by atoms with Crippen LogP contribution in [0.5, 0.6) is 5.75 Å². The summed E-state index contributed by atoms with van der Waals surface area (Å²) < 4.78 is 22.4. The van der Waals surface area contributed by atoms with Gasteiger partial charge in [0.25, 0.3) is 5.56 Å². The van der Waals surface area contributed by atoms with Gasteiger partial charge in [-0.2, -0.15) is 10.2 Å². The number of ether oxygens (including phenoxy) is 1. The molecule has 5 aromatic rings. The van der Waals surface area contributed by atoms with E-state index in [0.29, 0.717) is 26.7 Å². The van der Waals surface area contributed by atoms with E-state index < -0.39 is 28.6 Å². The number of benzene rings is 2. The van der Waals surface area contributed by atoms with E-state index in [1.807, 2.05) is 30.3 Å². The van der Waals surface area contributed by atoms with Crippen LogP contribution in [0.15, 0.2) is 70.5 Å². The van der Waals surface area contributed by atoms with Crippen LogP contribution >= 0.6 is 11.3 Å². The van der Waals surface area contributed by atoms with Crippen LogP contribution in [-0.2, 0) is 29.9 Å². The number of halogens is 1. The number of aryl methyl sites for hydroxylation is 3. The summed E-state index contributed by atoms with van der Waals surface area (Å²) in [5, 5.41) is 27.0. The molecule has 0 unspecified atom stereocenters. The molecule has 0 radical (unpaired) electrons. The Kier molecular flexibility index (Phi) is 9.80. The van der Waals surface area contributed by atoms with Crippen molar-refractivity contribution in [3.05, 3.63) is 104 Å². The average molecular weight is 624 g/mol. The molecule has 0 spiro atoms. The summed E-state index contributed by atoms with van der Waals surface area (Å²) in [6.07, 6.45) is 2.99. The van der Waals surface area contributed by atoms with Crippen molar-refractivity contribution in [2.24, 2.45) is 0 Å². The fraction of sp³-hybridized carbons (Fsp3) is 0.323. The van der Waals surface area contributed by atoms with Crippen LogP contribution in [0.4, 0.5) is 4.39 Å². The number of nitrogens with zero attached hydrogens (tertiary/aromatic N) is 5. The minimum Gasteiger partial charge on any atom is -0.489 e. The summed E-state index contributed by atoms with van der Waals surface area (Å²) in [7, 11) is 0. The van der Waals surface area contributed by atoms with Crippen LogP contribution in [0.2, 0.25) is 0 Å². The lowest BCUT2D eigenvalue weighted by atomic mass is 10.1. The van der Waals surface area contributed by atoms with Gasteiger partial charge in [0.15, 0.2) is 0 Å². The first-order valence-corrected chi connectivity index (χ1v) is 14.7. The normalized spacial score (nSPS) is 11.5. The highest BCUT2D eigenvalue weighted by atomic mass is 32.1. The fourth-order valence-electron chi connectivity index (χ4n) is 4.48.